The molecule has 1 heterocycles. The van der Waals surface area contributed by atoms with Gasteiger partial charge in [-0.2, -0.15) is 0 Å². The first kappa shape index (κ1) is 14.0. The Morgan fingerprint density at radius 2 is 2.17 bits per heavy atom. The summed E-state index contributed by atoms with van der Waals surface area (Å²) in [4.78, 5) is 4.93. The van der Waals surface area contributed by atoms with Crippen LogP contribution in [0.2, 0.25) is 14.3 Å². The molecule has 99 valence electrons. The first-order chi connectivity index (χ1) is 8.75. The Kier molecular flexibility index (Phi) is 5.67. The Hall–Kier alpha value is -0.381. The predicted octanol–water partition coefficient (Wildman–Crippen LogP) is 3.93. The molecule has 1 aromatic carbocycles. The van der Waals surface area contributed by atoms with Gasteiger partial charge in [0.2, 0.25) is 0 Å². The zero-order valence-electron chi connectivity index (χ0n) is 11.5. The molecule has 1 aromatic rings. The summed E-state index contributed by atoms with van der Waals surface area (Å²) in [6.45, 7) is 1.71. The van der Waals surface area contributed by atoms with E-state index in [-0.39, 0.29) is 0 Å². The van der Waals surface area contributed by atoms with Gasteiger partial charge in [0.25, 0.3) is 0 Å². The van der Waals surface area contributed by atoms with Gasteiger partial charge in [0, 0.05) is 0 Å². The molecule has 0 saturated carbocycles. The van der Waals surface area contributed by atoms with Gasteiger partial charge in [-0.3, -0.25) is 0 Å². The maximum absolute atomic E-state index is 5.82. The summed E-state index contributed by atoms with van der Waals surface area (Å²) in [6.07, 6.45) is 4.78. The zero-order valence-corrected chi connectivity index (χ0v) is 14.4. The van der Waals surface area contributed by atoms with Crippen LogP contribution >= 0.6 is 0 Å². The normalized spacial score (nSPS) is 14.2. The fraction of sp³-hybridized carbons (Fsp3) is 0.600. The van der Waals surface area contributed by atoms with Crippen molar-refractivity contribution in [1.82, 2.24) is 0 Å². The second-order valence-electron chi connectivity index (χ2n) is 5.23. The zero-order chi connectivity index (χ0) is 12.8. The molecule has 0 spiro atoms. The van der Waals surface area contributed by atoms with Gasteiger partial charge in [0.05, 0.1) is 0 Å². The van der Waals surface area contributed by atoms with Crippen LogP contribution in [-0.4, -0.2) is 33.0 Å². The second kappa shape index (κ2) is 7.27. The van der Waals surface area contributed by atoms with Crippen LogP contribution in [0.3, 0.4) is 0 Å². The van der Waals surface area contributed by atoms with Gasteiger partial charge in [0.1, 0.15) is 0 Å². The third-order valence-electron chi connectivity index (χ3n) is 3.22. The van der Waals surface area contributed by atoms with Gasteiger partial charge in [-0.1, -0.05) is 0 Å². The van der Waals surface area contributed by atoms with Crippen LogP contribution in [0.25, 0.3) is 0 Å². The van der Waals surface area contributed by atoms with Crippen molar-refractivity contribution in [3.8, 4) is 11.5 Å². The van der Waals surface area contributed by atoms with Crippen molar-refractivity contribution in [1.29, 1.82) is 0 Å². The molecule has 2 rings (SSSR count). The van der Waals surface area contributed by atoms with Gasteiger partial charge in [-0.15, -0.1) is 0 Å². The van der Waals surface area contributed by atoms with Crippen LogP contribution in [0, 0.1) is 0 Å². The van der Waals surface area contributed by atoms with E-state index in [4.69, 9.17) is 9.47 Å². The van der Waals surface area contributed by atoms with E-state index < -0.39 is 19.8 Å². The molecule has 0 fully saturated rings. The van der Waals surface area contributed by atoms with E-state index in [0.717, 1.165) is 37.6 Å². The number of rotatable bonds is 6. The molecule has 0 atom stereocenters. The predicted molar refractivity (Wildman–Crippen MR) is 77.3 cm³/mol. The van der Waals surface area contributed by atoms with Gasteiger partial charge in [-0.05, 0) is 0 Å². The van der Waals surface area contributed by atoms with Crippen LogP contribution in [0.5, 0.6) is 11.5 Å². The molecule has 18 heavy (non-hydrogen) atoms. The molecule has 0 amide bonds. The standard InChI is InChI=1S/C13H17O2.2CH3.Sn/c1-2-3-8-14-12-6-7-13-11(10-12)5-4-9-15-13;;;/h6-7,10H,1-5,8-9H2;2*1H3;. The summed E-state index contributed by atoms with van der Waals surface area (Å²) in [5.41, 5.74) is 1.30. The van der Waals surface area contributed by atoms with Crippen molar-refractivity contribution in [2.45, 2.75) is 40.0 Å². The second-order valence-corrected chi connectivity index (χ2v) is 13.6. The monoisotopic (exact) mass is 355 g/mol. The molecule has 1 aliphatic heterocycles. The van der Waals surface area contributed by atoms with E-state index in [1.54, 1.807) is 0 Å². The first-order valence-electron chi connectivity index (χ1n) is 6.93. The van der Waals surface area contributed by atoms with Gasteiger partial charge in [0.15, 0.2) is 0 Å². The number of fused-ring (bicyclic) bond motifs is 1. The molecule has 0 bridgehead atoms. The van der Waals surface area contributed by atoms with Crippen molar-refractivity contribution in [2.24, 2.45) is 0 Å². The molecule has 0 aliphatic carbocycles. The number of aryl methyl sites for hydroxylation is 1. The molecule has 0 unspecified atom stereocenters. The van der Waals surface area contributed by atoms with Crippen molar-refractivity contribution in [3.05, 3.63) is 23.8 Å². The first-order valence-corrected chi connectivity index (χ1v) is 14.7. The number of hydrogen-bond donors (Lipinski definition) is 0. The number of hydrogen-bond acceptors (Lipinski definition) is 2. The fourth-order valence-corrected chi connectivity index (χ4v) is 4.93. The summed E-state index contributed by atoms with van der Waals surface area (Å²) < 4.78 is 12.9. The quantitative estimate of drug-likeness (QED) is 0.570. The third-order valence-corrected chi connectivity index (χ3v) is 7.08. The van der Waals surface area contributed by atoms with Crippen LogP contribution in [0.15, 0.2) is 18.2 Å². The minimum atomic E-state index is -0.864. The van der Waals surface area contributed by atoms with E-state index >= 15 is 0 Å². The molecule has 1 aliphatic rings. The molecular formula is C15H23O2Sn. The van der Waals surface area contributed by atoms with E-state index in [2.05, 4.69) is 15.9 Å². The fourth-order valence-electron chi connectivity index (χ4n) is 2.20. The average molecular weight is 354 g/mol. The maximum atomic E-state index is 5.82. The molecule has 0 aromatic heterocycles. The molecule has 0 N–H and O–H groups in total. The van der Waals surface area contributed by atoms with Crippen LogP contribution in [0.4, 0.5) is 0 Å². The number of ether oxygens (including phenoxy) is 2. The van der Waals surface area contributed by atoms with Crippen LogP contribution in [-0.2, 0) is 6.42 Å². The van der Waals surface area contributed by atoms with E-state index in [1.165, 1.54) is 22.8 Å². The average Bonchev–Trinajstić information content (AvgIpc) is 2.38. The van der Waals surface area contributed by atoms with Crippen molar-refractivity contribution < 1.29 is 9.47 Å². The Balaban J connectivity index is 1.76. The van der Waals surface area contributed by atoms with Crippen LogP contribution in [0.1, 0.15) is 24.8 Å². The van der Waals surface area contributed by atoms with E-state index in [9.17, 15) is 0 Å². The third kappa shape index (κ3) is 4.38. The minimum absolute atomic E-state index is 0.855. The molecule has 2 nitrogen and oxygen atoms in total. The van der Waals surface area contributed by atoms with Gasteiger partial charge >= 0.3 is 118 Å². The molecule has 0 saturated heterocycles. The Labute approximate surface area is 117 Å². The summed E-state index contributed by atoms with van der Waals surface area (Å²) >= 11 is -0.864. The summed E-state index contributed by atoms with van der Waals surface area (Å²) in [5, 5.41) is 0. The Bertz CT molecular complexity index is 377. The molecule has 3 heteroatoms. The van der Waals surface area contributed by atoms with Crippen LogP contribution < -0.4 is 9.47 Å². The Morgan fingerprint density at radius 1 is 1.28 bits per heavy atom. The van der Waals surface area contributed by atoms with Crippen molar-refractivity contribution in [3.63, 3.8) is 0 Å². The van der Waals surface area contributed by atoms with E-state index in [1.807, 2.05) is 12.1 Å². The summed E-state index contributed by atoms with van der Waals surface area (Å²) in [6, 6.07) is 6.23. The number of unbranched alkanes of at least 4 members (excludes halogenated alkanes) is 1. The topological polar surface area (TPSA) is 18.5 Å². The summed E-state index contributed by atoms with van der Waals surface area (Å²) in [5.74, 6) is 2.05. The van der Waals surface area contributed by atoms with E-state index in [0.29, 0.717) is 0 Å². The number of benzene rings is 1. The Morgan fingerprint density at radius 3 is 3.00 bits per heavy atom. The van der Waals surface area contributed by atoms with Crippen molar-refractivity contribution >= 4 is 19.8 Å². The molecular weight excluding hydrogens is 331 g/mol. The van der Waals surface area contributed by atoms with Gasteiger partial charge < -0.3 is 0 Å². The summed E-state index contributed by atoms with van der Waals surface area (Å²) in [7, 11) is 0. The van der Waals surface area contributed by atoms with Gasteiger partial charge in [-0.25, -0.2) is 0 Å². The molecule has 1 radical (unpaired) electrons. The SMILES string of the molecule is [CH3][Sn]([CH3])[CH2]CCCOc1ccc2c(c1)CCCO2. The van der Waals surface area contributed by atoms with Crippen molar-refractivity contribution in [2.75, 3.05) is 13.2 Å².